The maximum Gasteiger partial charge on any atom is 0.336 e. The monoisotopic (exact) mass is 577 g/mol. The Morgan fingerprint density at radius 3 is 2.53 bits per heavy atom. The number of nitrogens with zero attached hydrogens (tertiary/aromatic N) is 3. The number of rotatable bonds is 10. The number of hydrogen-bond donors (Lipinski definition) is 5. The first kappa shape index (κ1) is 28.9. The largest absolute Gasteiger partial charge is 0.496 e. The molecule has 1 unspecified atom stereocenters. The molecule has 2 aromatic heterocycles. The number of amides is 1. The van der Waals surface area contributed by atoms with Crippen LogP contribution in [0.25, 0.3) is 22.0 Å². The predicted octanol–water partition coefficient (Wildman–Crippen LogP) is 4.79. The first-order valence-corrected chi connectivity index (χ1v) is 13.6. The van der Waals surface area contributed by atoms with Gasteiger partial charge in [-0.05, 0) is 48.2 Å². The van der Waals surface area contributed by atoms with Gasteiger partial charge in [-0.1, -0.05) is 43.3 Å². The second-order valence-electron chi connectivity index (χ2n) is 10.1. The molecule has 0 aliphatic heterocycles. The molecule has 43 heavy (non-hydrogen) atoms. The third-order valence-electron chi connectivity index (χ3n) is 7.35. The highest BCUT2D eigenvalue weighted by atomic mass is 16.5. The van der Waals surface area contributed by atoms with E-state index in [1.165, 1.54) is 13.2 Å². The van der Waals surface area contributed by atoms with Crippen molar-refractivity contribution in [3.05, 3.63) is 106 Å². The number of carbonyl (C=O) groups is 2. The van der Waals surface area contributed by atoms with E-state index in [0.717, 1.165) is 27.9 Å². The number of amidine groups is 1. The Labute approximate surface area is 247 Å². The number of aromatic carboxylic acids is 1. The molecule has 0 aliphatic rings. The van der Waals surface area contributed by atoms with Gasteiger partial charge in [0.15, 0.2) is 0 Å². The number of hydrogen-bond acceptors (Lipinski definition) is 7. The fourth-order valence-electron chi connectivity index (χ4n) is 5.18. The quantitative estimate of drug-likeness (QED) is 0.116. The molecule has 2 heterocycles. The number of ether oxygens (including phenoxy) is 1. The number of carbonyl (C=O) groups excluding carboxylic acids is 1. The predicted molar refractivity (Wildman–Crippen MR) is 163 cm³/mol. The molecule has 0 bridgehead atoms. The van der Waals surface area contributed by atoms with Gasteiger partial charge >= 0.3 is 5.97 Å². The molecule has 5 rings (SSSR count). The van der Waals surface area contributed by atoms with Crippen molar-refractivity contribution in [3.8, 4) is 16.9 Å². The highest BCUT2D eigenvalue weighted by Gasteiger charge is 2.26. The number of fused-ring (bicyclic) bond motifs is 1. The van der Waals surface area contributed by atoms with Crippen molar-refractivity contribution in [2.45, 2.75) is 32.7 Å². The molecule has 218 valence electrons. The topological polar surface area (TPSA) is 180 Å². The van der Waals surface area contributed by atoms with Crippen LogP contribution >= 0.6 is 0 Å². The van der Waals surface area contributed by atoms with Gasteiger partial charge in [0.25, 0.3) is 5.91 Å². The van der Waals surface area contributed by atoms with Gasteiger partial charge in [-0.2, -0.15) is 5.10 Å². The molecule has 0 fully saturated rings. The summed E-state index contributed by atoms with van der Waals surface area (Å²) < 4.78 is 5.46. The van der Waals surface area contributed by atoms with Crippen molar-refractivity contribution in [1.82, 2.24) is 25.5 Å². The molecule has 11 nitrogen and oxygen atoms in total. The highest BCUT2D eigenvalue weighted by molar-refractivity contribution is 6.04. The number of H-pyrrole nitrogens is 1. The summed E-state index contributed by atoms with van der Waals surface area (Å²) in [5, 5.41) is 29.4. The number of nitrogens with two attached hydrogens (primary N) is 1. The summed E-state index contributed by atoms with van der Waals surface area (Å²) in [6.07, 6.45) is 3.87. The molecule has 0 spiro atoms. The zero-order chi connectivity index (χ0) is 30.7. The van der Waals surface area contributed by atoms with Crippen molar-refractivity contribution in [1.29, 1.82) is 5.41 Å². The Bertz CT molecular complexity index is 1850. The first-order valence-electron chi connectivity index (χ1n) is 13.6. The van der Waals surface area contributed by atoms with E-state index in [1.807, 2.05) is 44.2 Å². The molecular formula is C32H31N7O4. The van der Waals surface area contributed by atoms with Gasteiger partial charge in [0, 0.05) is 23.1 Å². The minimum Gasteiger partial charge on any atom is -0.496 e. The van der Waals surface area contributed by atoms with E-state index in [9.17, 15) is 14.7 Å². The van der Waals surface area contributed by atoms with Gasteiger partial charge in [-0.3, -0.25) is 25.3 Å². The van der Waals surface area contributed by atoms with Crippen LogP contribution in [0, 0.1) is 12.3 Å². The lowest BCUT2D eigenvalue weighted by Gasteiger charge is -2.20. The normalized spacial score (nSPS) is 11.7. The molecule has 0 radical (unpaired) electrons. The van der Waals surface area contributed by atoms with E-state index in [1.54, 1.807) is 30.6 Å². The molecule has 1 atom stereocenters. The maximum atomic E-state index is 13.4. The number of benzene rings is 3. The van der Waals surface area contributed by atoms with Crippen LogP contribution in [0.15, 0.2) is 67.0 Å². The fourth-order valence-corrected chi connectivity index (χ4v) is 5.18. The van der Waals surface area contributed by atoms with Crippen LogP contribution in [0.2, 0.25) is 0 Å². The molecule has 0 saturated heterocycles. The van der Waals surface area contributed by atoms with Crippen molar-refractivity contribution < 1.29 is 19.4 Å². The molecule has 3 aromatic carbocycles. The lowest BCUT2D eigenvalue weighted by Crippen LogP contribution is -2.24. The average molecular weight is 578 g/mol. The van der Waals surface area contributed by atoms with Crippen molar-refractivity contribution in [3.63, 3.8) is 0 Å². The zero-order valence-electron chi connectivity index (χ0n) is 23.9. The van der Waals surface area contributed by atoms with E-state index < -0.39 is 11.9 Å². The SMILES string of the molecule is CCC(c1ccccc1-c1cc(C(=O)NCc2cnc(C)cn2)c(OC)cc1C(=O)O)c1n[nH]c2cc(C(=N)N)ccc12. The summed E-state index contributed by atoms with van der Waals surface area (Å²) in [4.78, 5) is 34.4. The van der Waals surface area contributed by atoms with Crippen LogP contribution in [0.1, 0.15) is 68.2 Å². The van der Waals surface area contributed by atoms with Crippen molar-refractivity contribution >= 4 is 28.6 Å². The van der Waals surface area contributed by atoms with Gasteiger partial charge in [0.1, 0.15) is 11.6 Å². The lowest BCUT2D eigenvalue weighted by molar-refractivity contribution is 0.0696. The Morgan fingerprint density at radius 2 is 1.86 bits per heavy atom. The Morgan fingerprint density at radius 1 is 1.07 bits per heavy atom. The first-order chi connectivity index (χ1) is 20.7. The van der Waals surface area contributed by atoms with Crippen LogP contribution in [0.4, 0.5) is 0 Å². The zero-order valence-corrected chi connectivity index (χ0v) is 23.9. The molecule has 1 amide bonds. The number of carboxylic acid groups (broad SMARTS) is 1. The minimum atomic E-state index is -1.15. The van der Waals surface area contributed by atoms with E-state index in [4.69, 9.17) is 15.9 Å². The molecular weight excluding hydrogens is 546 g/mol. The van der Waals surface area contributed by atoms with E-state index in [0.29, 0.717) is 28.8 Å². The van der Waals surface area contributed by atoms with Crippen LogP contribution in [-0.2, 0) is 6.54 Å². The van der Waals surface area contributed by atoms with Crippen LogP contribution < -0.4 is 15.8 Å². The maximum absolute atomic E-state index is 13.4. The van der Waals surface area contributed by atoms with E-state index in [-0.39, 0.29) is 35.2 Å². The molecule has 0 aliphatic carbocycles. The van der Waals surface area contributed by atoms with Gasteiger partial charge in [-0.25, -0.2) is 4.79 Å². The average Bonchev–Trinajstić information content (AvgIpc) is 3.43. The van der Waals surface area contributed by atoms with Gasteiger partial charge in [0.2, 0.25) is 0 Å². The number of nitrogens with one attached hydrogen (secondary N) is 3. The molecule has 6 N–H and O–H groups in total. The summed E-state index contributed by atoms with van der Waals surface area (Å²) >= 11 is 0. The number of aromatic amines is 1. The van der Waals surface area contributed by atoms with Crippen LogP contribution in [-0.4, -0.2) is 50.1 Å². The standard InChI is InChI=1S/C32H31N7O4/c1-4-20(29-23-10-9-18(30(33)34)11-27(23)38-39-29)21-7-5-6-8-22(21)24-12-26(28(43-3)13-25(24)32(41)42)31(40)37-16-19-15-35-17(2)14-36-19/h5-15,20H,4,16H2,1-3H3,(H3,33,34)(H,37,40)(H,38,39)(H,41,42). The third kappa shape index (κ3) is 5.78. The minimum absolute atomic E-state index is 0.00177. The van der Waals surface area contributed by atoms with Crippen LogP contribution in [0.3, 0.4) is 0 Å². The smallest absolute Gasteiger partial charge is 0.336 e. The Kier molecular flexibility index (Phi) is 8.15. The summed E-state index contributed by atoms with van der Waals surface area (Å²) in [6, 6.07) is 15.9. The summed E-state index contributed by atoms with van der Waals surface area (Å²) in [5.74, 6) is -1.71. The van der Waals surface area contributed by atoms with E-state index >= 15 is 0 Å². The van der Waals surface area contributed by atoms with E-state index in [2.05, 4.69) is 25.5 Å². The molecule has 5 aromatic rings. The molecule has 0 saturated carbocycles. The number of nitrogen functional groups attached to an aromatic ring is 1. The van der Waals surface area contributed by atoms with Gasteiger partial charge < -0.3 is 20.9 Å². The van der Waals surface area contributed by atoms with Crippen molar-refractivity contribution in [2.24, 2.45) is 5.73 Å². The number of aryl methyl sites for hydroxylation is 1. The fraction of sp³-hybridized carbons (Fsp3) is 0.188. The number of methoxy groups -OCH3 is 1. The Balaban J connectivity index is 1.60. The number of carboxylic acids is 1. The second kappa shape index (κ2) is 12.1. The Hall–Kier alpha value is -5.58. The van der Waals surface area contributed by atoms with Crippen LogP contribution in [0.5, 0.6) is 5.75 Å². The van der Waals surface area contributed by atoms with Crippen molar-refractivity contribution in [2.75, 3.05) is 7.11 Å². The number of aromatic nitrogens is 4. The highest BCUT2D eigenvalue weighted by Crippen LogP contribution is 2.40. The summed E-state index contributed by atoms with van der Waals surface area (Å²) in [5.41, 5.74) is 11.2. The van der Waals surface area contributed by atoms with Gasteiger partial charge in [0.05, 0.1) is 53.6 Å². The summed E-state index contributed by atoms with van der Waals surface area (Å²) in [6.45, 7) is 3.99. The molecule has 11 heteroatoms. The lowest BCUT2D eigenvalue weighted by atomic mass is 9.84. The second-order valence-corrected chi connectivity index (χ2v) is 10.1. The summed E-state index contributed by atoms with van der Waals surface area (Å²) in [7, 11) is 1.39. The van der Waals surface area contributed by atoms with Gasteiger partial charge in [-0.15, -0.1) is 0 Å². The third-order valence-corrected chi connectivity index (χ3v) is 7.35.